The highest BCUT2D eigenvalue weighted by Crippen LogP contribution is 2.27. The first-order chi connectivity index (χ1) is 8.01. The maximum Gasteiger partial charge on any atom is 0.310 e. The van der Waals surface area contributed by atoms with Gasteiger partial charge in [0.2, 0.25) is 5.95 Å². The summed E-state index contributed by atoms with van der Waals surface area (Å²) in [5.41, 5.74) is -0.829. The highest BCUT2D eigenvalue weighted by Gasteiger charge is 2.21. The molecule has 0 saturated carbocycles. The number of ether oxygens (including phenoxy) is 1. The summed E-state index contributed by atoms with van der Waals surface area (Å²) in [7, 11) is 1.12. The topological polar surface area (TPSA) is 39.2 Å². The summed E-state index contributed by atoms with van der Waals surface area (Å²) in [4.78, 5) is 14.2. The Morgan fingerprint density at radius 2 is 2.18 bits per heavy atom. The van der Waals surface area contributed by atoms with Crippen LogP contribution in [0.15, 0.2) is 6.20 Å². The van der Waals surface area contributed by atoms with Crippen molar-refractivity contribution in [3.63, 3.8) is 0 Å². The number of carbonyl (C=O) groups excluding carboxylic acids is 1. The Morgan fingerprint density at radius 3 is 2.65 bits per heavy atom. The van der Waals surface area contributed by atoms with Crippen LogP contribution < -0.4 is 0 Å². The predicted octanol–water partition coefficient (Wildman–Crippen LogP) is 2.61. The molecular formula is C10H9ClF3NO2. The van der Waals surface area contributed by atoms with Crippen LogP contribution in [0.5, 0.6) is 0 Å². The van der Waals surface area contributed by atoms with Crippen LogP contribution in [0.1, 0.15) is 23.1 Å². The Kier molecular flexibility index (Phi) is 4.74. The van der Waals surface area contributed by atoms with Crippen LogP contribution in [0.3, 0.4) is 0 Å². The van der Waals surface area contributed by atoms with Gasteiger partial charge in [0.15, 0.2) is 0 Å². The van der Waals surface area contributed by atoms with Crippen molar-refractivity contribution in [2.24, 2.45) is 0 Å². The molecular weight excluding hydrogens is 259 g/mol. The van der Waals surface area contributed by atoms with Gasteiger partial charge in [-0.2, -0.15) is 4.39 Å². The zero-order valence-electron chi connectivity index (χ0n) is 8.84. The van der Waals surface area contributed by atoms with Crippen LogP contribution in [0.25, 0.3) is 0 Å². The molecule has 0 amide bonds. The van der Waals surface area contributed by atoms with Crippen molar-refractivity contribution in [2.75, 3.05) is 7.11 Å². The molecule has 0 aliphatic heterocycles. The third-order valence-corrected chi connectivity index (χ3v) is 2.46. The number of aromatic nitrogens is 1. The first-order valence-electron chi connectivity index (χ1n) is 4.58. The maximum atomic E-state index is 13.4. The van der Waals surface area contributed by atoms with E-state index in [0.717, 1.165) is 13.3 Å². The van der Waals surface area contributed by atoms with E-state index in [2.05, 4.69) is 9.72 Å². The van der Waals surface area contributed by atoms with Crippen molar-refractivity contribution < 1.29 is 22.7 Å². The summed E-state index contributed by atoms with van der Waals surface area (Å²) in [6.45, 7) is 0. The predicted molar refractivity (Wildman–Crippen MR) is 54.4 cm³/mol. The molecule has 0 radical (unpaired) electrons. The Morgan fingerprint density at radius 1 is 1.53 bits per heavy atom. The van der Waals surface area contributed by atoms with Gasteiger partial charge in [-0.05, 0) is 5.56 Å². The van der Waals surface area contributed by atoms with Gasteiger partial charge < -0.3 is 4.74 Å². The molecule has 0 aromatic carbocycles. The van der Waals surface area contributed by atoms with E-state index in [9.17, 15) is 18.0 Å². The first-order valence-corrected chi connectivity index (χ1v) is 5.11. The molecule has 17 heavy (non-hydrogen) atoms. The molecule has 0 spiro atoms. The smallest absolute Gasteiger partial charge is 0.310 e. The fourth-order valence-corrected chi connectivity index (χ4v) is 1.64. The summed E-state index contributed by atoms with van der Waals surface area (Å²) in [6.07, 6.45) is -2.58. The molecule has 1 heterocycles. The lowest BCUT2D eigenvalue weighted by Gasteiger charge is -2.11. The number of rotatable bonds is 4. The van der Waals surface area contributed by atoms with Crippen molar-refractivity contribution in [3.05, 3.63) is 28.8 Å². The van der Waals surface area contributed by atoms with Crippen LogP contribution in [0.2, 0.25) is 0 Å². The molecule has 1 aromatic heterocycles. The average molecular weight is 268 g/mol. The van der Waals surface area contributed by atoms with Gasteiger partial charge in [0.25, 0.3) is 6.43 Å². The molecule has 0 bridgehead atoms. The summed E-state index contributed by atoms with van der Waals surface area (Å²) >= 11 is 5.50. The van der Waals surface area contributed by atoms with Crippen LogP contribution >= 0.6 is 11.6 Å². The number of nitrogens with zero attached hydrogens (tertiary/aromatic N) is 1. The van der Waals surface area contributed by atoms with E-state index in [1.807, 2.05) is 0 Å². The second-order valence-electron chi connectivity index (χ2n) is 3.15. The number of halogens is 4. The second kappa shape index (κ2) is 5.86. The number of hydrogen-bond donors (Lipinski definition) is 0. The molecule has 0 aliphatic carbocycles. The molecule has 3 nitrogen and oxygen atoms in total. The molecule has 0 atom stereocenters. The lowest BCUT2D eigenvalue weighted by atomic mass is 10.0. The number of alkyl halides is 3. The van der Waals surface area contributed by atoms with E-state index in [4.69, 9.17) is 11.6 Å². The van der Waals surface area contributed by atoms with Crippen molar-refractivity contribution in [1.29, 1.82) is 0 Å². The molecule has 1 aromatic rings. The molecule has 0 fully saturated rings. The Balaban J connectivity index is 3.25. The summed E-state index contributed by atoms with van der Waals surface area (Å²) in [5, 5.41) is 0. The van der Waals surface area contributed by atoms with Gasteiger partial charge in [-0.25, -0.2) is 13.8 Å². The molecule has 94 valence electrons. The monoisotopic (exact) mass is 267 g/mol. The minimum Gasteiger partial charge on any atom is -0.469 e. The van der Waals surface area contributed by atoms with Crippen molar-refractivity contribution in [2.45, 2.75) is 18.7 Å². The SMILES string of the molecule is COC(=O)Cc1c(F)ncc(C(F)F)c1CCl. The quantitative estimate of drug-likeness (QED) is 0.478. The molecule has 0 aliphatic rings. The number of carbonyl (C=O) groups is 1. The Hall–Kier alpha value is -1.30. The van der Waals surface area contributed by atoms with Gasteiger partial charge in [0, 0.05) is 23.2 Å². The van der Waals surface area contributed by atoms with Crippen molar-refractivity contribution >= 4 is 17.6 Å². The van der Waals surface area contributed by atoms with E-state index in [0.29, 0.717) is 0 Å². The summed E-state index contributed by atoms with van der Waals surface area (Å²) in [5.74, 6) is -2.07. The fourth-order valence-electron chi connectivity index (χ4n) is 1.32. The van der Waals surface area contributed by atoms with Crippen molar-refractivity contribution in [1.82, 2.24) is 4.98 Å². The van der Waals surface area contributed by atoms with Crippen LogP contribution in [0, 0.1) is 5.95 Å². The van der Waals surface area contributed by atoms with Crippen LogP contribution in [0.4, 0.5) is 13.2 Å². The third kappa shape index (κ3) is 3.09. The van der Waals surface area contributed by atoms with E-state index in [1.165, 1.54) is 0 Å². The highest BCUT2D eigenvalue weighted by molar-refractivity contribution is 6.17. The zero-order valence-corrected chi connectivity index (χ0v) is 9.60. The largest absolute Gasteiger partial charge is 0.469 e. The fraction of sp³-hybridized carbons (Fsp3) is 0.400. The zero-order chi connectivity index (χ0) is 13.0. The number of hydrogen-bond acceptors (Lipinski definition) is 3. The summed E-state index contributed by atoms with van der Waals surface area (Å²) in [6, 6.07) is 0. The standard InChI is InChI=1S/C10H9ClF3NO2/c1-17-8(16)2-5-6(3-11)7(9(12)13)4-15-10(5)14/h4,9H,2-3H2,1H3. The average Bonchev–Trinajstić information content (AvgIpc) is 2.30. The number of pyridine rings is 1. The lowest BCUT2D eigenvalue weighted by Crippen LogP contribution is -2.12. The maximum absolute atomic E-state index is 13.4. The van der Waals surface area contributed by atoms with E-state index in [1.54, 1.807) is 0 Å². The minimum absolute atomic E-state index is 0.112. The van der Waals surface area contributed by atoms with Gasteiger partial charge in [-0.3, -0.25) is 4.79 Å². The molecule has 0 N–H and O–H groups in total. The number of esters is 1. The second-order valence-corrected chi connectivity index (χ2v) is 3.42. The van der Waals surface area contributed by atoms with Crippen LogP contribution in [-0.4, -0.2) is 18.1 Å². The molecule has 7 heteroatoms. The third-order valence-electron chi connectivity index (χ3n) is 2.20. The first kappa shape index (κ1) is 13.8. The van der Waals surface area contributed by atoms with E-state index in [-0.39, 0.29) is 17.0 Å². The molecule has 0 unspecified atom stereocenters. The Bertz CT molecular complexity index is 426. The van der Waals surface area contributed by atoms with Gasteiger partial charge in [-0.1, -0.05) is 0 Å². The summed E-state index contributed by atoms with van der Waals surface area (Å²) < 4.78 is 42.9. The molecule has 0 saturated heterocycles. The van der Waals surface area contributed by atoms with E-state index < -0.39 is 30.3 Å². The van der Waals surface area contributed by atoms with Gasteiger partial charge in [0.05, 0.1) is 13.5 Å². The highest BCUT2D eigenvalue weighted by atomic mass is 35.5. The van der Waals surface area contributed by atoms with Crippen LogP contribution in [-0.2, 0) is 21.8 Å². The van der Waals surface area contributed by atoms with E-state index >= 15 is 0 Å². The minimum atomic E-state index is -2.83. The lowest BCUT2D eigenvalue weighted by molar-refractivity contribution is -0.139. The normalized spacial score (nSPS) is 10.7. The molecule has 1 rings (SSSR count). The van der Waals surface area contributed by atoms with Gasteiger partial charge in [-0.15, -0.1) is 11.6 Å². The Labute approximate surface area is 101 Å². The number of methoxy groups -OCH3 is 1. The van der Waals surface area contributed by atoms with Crippen molar-refractivity contribution in [3.8, 4) is 0 Å². The van der Waals surface area contributed by atoms with Gasteiger partial charge >= 0.3 is 5.97 Å². The van der Waals surface area contributed by atoms with Gasteiger partial charge in [0.1, 0.15) is 0 Å².